The smallest absolute Gasteiger partial charge is 0.348 e. The van der Waals surface area contributed by atoms with Gasteiger partial charge < -0.3 is 10.3 Å². The summed E-state index contributed by atoms with van der Waals surface area (Å²) in [5.41, 5.74) is 0.175. The minimum Gasteiger partial charge on any atom is -0.348 e. The topological polar surface area (TPSA) is 105 Å². The summed E-state index contributed by atoms with van der Waals surface area (Å²) in [5, 5.41) is 15.2. The van der Waals surface area contributed by atoms with E-state index in [9.17, 15) is 22.8 Å². The maximum atomic E-state index is 12.8. The molecule has 0 aliphatic heterocycles. The Balaban J connectivity index is 1.75. The maximum Gasteiger partial charge on any atom is 0.416 e. The van der Waals surface area contributed by atoms with Gasteiger partial charge in [-0.05, 0) is 31.5 Å². The van der Waals surface area contributed by atoms with E-state index < -0.39 is 17.3 Å². The van der Waals surface area contributed by atoms with Gasteiger partial charge in [0.05, 0.1) is 23.0 Å². The van der Waals surface area contributed by atoms with Crippen LogP contribution in [0.15, 0.2) is 41.3 Å². The fourth-order valence-electron chi connectivity index (χ4n) is 2.88. The minimum atomic E-state index is -4.45. The first kappa shape index (κ1) is 20.7. The Kier molecular flexibility index (Phi) is 5.09. The Labute approximate surface area is 176 Å². The molecule has 4 rings (SSSR count). The molecule has 0 aliphatic carbocycles. The van der Waals surface area contributed by atoms with E-state index in [1.54, 1.807) is 0 Å². The quantitative estimate of drug-likeness (QED) is 0.498. The zero-order valence-corrected chi connectivity index (χ0v) is 17.0. The second-order valence-electron chi connectivity index (χ2n) is 6.96. The maximum absolute atomic E-state index is 12.8. The van der Waals surface area contributed by atoms with Gasteiger partial charge in [-0.1, -0.05) is 23.5 Å². The Bertz CT molecular complexity index is 1320. The highest BCUT2D eigenvalue weighted by atomic mass is 32.1. The van der Waals surface area contributed by atoms with E-state index in [1.807, 2.05) is 13.8 Å². The fourth-order valence-corrected chi connectivity index (χ4v) is 3.64. The van der Waals surface area contributed by atoms with Crippen LogP contribution < -0.4 is 10.9 Å². The number of aromatic amines is 1. The zero-order valence-electron chi connectivity index (χ0n) is 16.2. The molecule has 0 spiro atoms. The number of nitrogens with zero attached hydrogens (tertiary/aromatic N) is 4. The first-order valence-electron chi connectivity index (χ1n) is 9.07. The molecule has 8 nitrogen and oxygen atoms in total. The molecule has 0 aliphatic rings. The molecule has 3 aromatic heterocycles. The van der Waals surface area contributed by atoms with Crippen LogP contribution in [0.1, 0.15) is 29.2 Å². The van der Waals surface area contributed by atoms with Crippen LogP contribution in [0.4, 0.5) is 13.2 Å². The molecule has 12 heteroatoms. The number of amides is 1. The number of benzene rings is 1. The van der Waals surface area contributed by atoms with Gasteiger partial charge in [-0.3, -0.25) is 9.59 Å². The van der Waals surface area contributed by atoms with Crippen LogP contribution in [0, 0.1) is 0 Å². The third-order valence-corrected chi connectivity index (χ3v) is 5.25. The predicted molar refractivity (Wildman–Crippen MR) is 108 cm³/mol. The number of halogens is 3. The molecule has 0 bridgehead atoms. The first-order chi connectivity index (χ1) is 14.6. The van der Waals surface area contributed by atoms with Gasteiger partial charge in [-0.2, -0.15) is 22.8 Å². The normalized spacial score (nSPS) is 11.9. The van der Waals surface area contributed by atoms with E-state index >= 15 is 0 Å². The average Bonchev–Trinajstić information content (AvgIpc) is 3.34. The number of fused-ring (bicyclic) bond motifs is 1. The van der Waals surface area contributed by atoms with Crippen molar-refractivity contribution in [1.29, 1.82) is 0 Å². The molecule has 2 N–H and O–H groups in total. The van der Waals surface area contributed by atoms with Crippen molar-refractivity contribution >= 4 is 22.9 Å². The molecule has 160 valence electrons. The van der Waals surface area contributed by atoms with E-state index in [0.29, 0.717) is 21.8 Å². The second kappa shape index (κ2) is 7.61. The van der Waals surface area contributed by atoms with E-state index in [0.717, 1.165) is 28.0 Å². The van der Waals surface area contributed by atoms with Crippen LogP contribution >= 0.6 is 11.3 Å². The van der Waals surface area contributed by atoms with Gasteiger partial charge in [0.1, 0.15) is 5.65 Å². The molecule has 0 radical (unpaired) electrons. The van der Waals surface area contributed by atoms with E-state index in [1.165, 1.54) is 24.4 Å². The summed E-state index contributed by atoms with van der Waals surface area (Å²) in [4.78, 5) is 27.6. The number of nitrogens with one attached hydrogen (secondary N) is 2. The highest BCUT2D eigenvalue weighted by molar-refractivity contribution is 7.16. The van der Waals surface area contributed by atoms with Gasteiger partial charge >= 0.3 is 6.18 Å². The number of rotatable bonds is 4. The molecule has 3 heterocycles. The molecule has 0 fully saturated rings. The van der Waals surface area contributed by atoms with Crippen LogP contribution in [0.25, 0.3) is 27.5 Å². The van der Waals surface area contributed by atoms with Gasteiger partial charge in [-0.25, -0.2) is 0 Å². The van der Waals surface area contributed by atoms with Crippen LogP contribution in [0.5, 0.6) is 0 Å². The summed E-state index contributed by atoms with van der Waals surface area (Å²) < 4.78 is 39.5. The van der Waals surface area contributed by atoms with E-state index in [-0.39, 0.29) is 22.6 Å². The third-order valence-electron chi connectivity index (χ3n) is 4.29. The largest absolute Gasteiger partial charge is 0.416 e. The second-order valence-corrected chi connectivity index (χ2v) is 7.93. The highest BCUT2D eigenvalue weighted by Crippen LogP contribution is 2.31. The number of hydrogen-bond donors (Lipinski definition) is 2. The molecule has 0 saturated heterocycles. The molecule has 1 amide bonds. The molecular formula is C19H15F3N6O2S. The Morgan fingerprint density at radius 1 is 1.19 bits per heavy atom. The predicted octanol–water partition coefficient (Wildman–Crippen LogP) is 3.37. The number of aromatic nitrogens is 5. The third kappa shape index (κ3) is 4.06. The SMILES string of the molecule is CC(C)NC(=O)c1nnc(-c2cnn3c(=O)cc(-c4ccc(C(F)(F)F)cc4)[nH]c23)s1. The van der Waals surface area contributed by atoms with Crippen LogP contribution in [-0.2, 0) is 6.18 Å². The molecule has 1 aromatic carbocycles. The minimum absolute atomic E-state index is 0.0699. The van der Waals surface area contributed by atoms with Crippen molar-refractivity contribution in [3.63, 3.8) is 0 Å². The van der Waals surface area contributed by atoms with Crippen LogP contribution in [0.3, 0.4) is 0 Å². The van der Waals surface area contributed by atoms with Gasteiger partial charge in [-0.15, -0.1) is 10.2 Å². The van der Waals surface area contributed by atoms with Gasteiger partial charge in [0.15, 0.2) is 5.01 Å². The fraction of sp³-hybridized carbons (Fsp3) is 0.211. The Morgan fingerprint density at radius 3 is 2.55 bits per heavy atom. The van der Waals surface area contributed by atoms with Crippen molar-refractivity contribution in [3.05, 3.63) is 57.5 Å². The highest BCUT2D eigenvalue weighted by Gasteiger charge is 2.30. The number of hydrogen-bond acceptors (Lipinski definition) is 6. The standard InChI is InChI=1S/C19H15F3N6O2S/c1-9(2)24-16(30)18-27-26-17(31-18)12-8-23-28-14(29)7-13(25-15(12)28)10-3-5-11(6-4-10)19(20,21)22/h3-9,25H,1-2H3,(H,24,30). The summed E-state index contributed by atoms with van der Waals surface area (Å²) in [6, 6.07) is 5.62. The first-order valence-corrected chi connectivity index (χ1v) is 9.88. The average molecular weight is 448 g/mol. The van der Waals surface area contributed by atoms with Crippen LogP contribution in [0.2, 0.25) is 0 Å². The Hall–Kier alpha value is -3.54. The molecule has 0 unspecified atom stereocenters. The van der Waals surface area contributed by atoms with Gasteiger partial charge in [0.2, 0.25) is 5.01 Å². The van der Waals surface area contributed by atoms with Crippen molar-refractivity contribution in [2.24, 2.45) is 0 Å². The summed E-state index contributed by atoms with van der Waals surface area (Å²) in [6.07, 6.45) is -3.04. The Morgan fingerprint density at radius 2 is 1.90 bits per heavy atom. The van der Waals surface area contributed by atoms with Crippen molar-refractivity contribution in [2.75, 3.05) is 0 Å². The van der Waals surface area contributed by atoms with Gasteiger partial charge in [0.25, 0.3) is 11.5 Å². The van der Waals surface area contributed by atoms with E-state index in [4.69, 9.17) is 0 Å². The van der Waals surface area contributed by atoms with Crippen molar-refractivity contribution in [2.45, 2.75) is 26.1 Å². The summed E-state index contributed by atoms with van der Waals surface area (Å²) >= 11 is 1.03. The summed E-state index contributed by atoms with van der Waals surface area (Å²) in [7, 11) is 0. The number of carbonyl (C=O) groups is 1. The number of H-pyrrole nitrogens is 1. The van der Waals surface area contributed by atoms with Crippen LogP contribution in [-0.4, -0.2) is 36.7 Å². The van der Waals surface area contributed by atoms with Crippen molar-refractivity contribution in [3.8, 4) is 21.8 Å². The van der Waals surface area contributed by atoms with E-state index in [2.05, 4.69) is 25.6 Å². The number of carbonyl (C=O) groups excluding carboxylic acids is 1. The lowest BCUT2D eigenvalue weighted by atomic mass is 10.1. The number of alkyl halides is 3. The molecule has 0 atom stereocenters. The molecule has 4 aromatic rings. The lowest BCUT2D eigenvalue weighted by molar-refractivity contribution is -0.137. The van der Waals surface area contributed by atoms with Crippen molar-refractivity contribution < 1.29 is 18.0 Å². The molecular weight excluding hydrogens is 433 g/mol. The molecule has 31 heavy (non-hydrogen) atoms. The zero-order chi connectivity index (χ0) is 22.3. The summed E-state index contributed by atoms with van der Waals surface area (Å²) in [5.74, 6) is -0.367. The lowest BCUT2D eigenvalue weighted by Gasteiger charge is -2.08. The monoisotopic (exact) mass is 448 g/mol. The summed E-state index contributed by atoms with van der Waals surface area (Å²) in [6.45, 7) is 3.64. The van der Waals surface area contributed by atoms with Gasteiger partial charge in [0, 0.05) is 12.1 Å². The molecule has 0 saturated carbocycles. The lowest BCUT2D eigenvalue weighted by Crippen LogP contribution is -2.29. The van der Waals surface area contributed by atoms with Crippen molar-refractivity contribution in [1.82, 2.24) is 30.1 Å².